The Morgan fingerprint density at radius 1 is 1.47 bits per heavy atom. The first-order valence-electron chi connectivity index (χ1n) is 5.42. The predicted molar refractivity (Wildman–Crippen MR) is 69.4 cm³/mol. The highest BCUT2D eigenvalue weighted by atomic mass is 32.2. The summed E-state index contributed by atoms with van der Waals surface area (Å²) in [4.78, 5) is 10.9. The maximum Gasteiger partial charge on any atom is 0.243 e. The third kappa shape index (κ3) is 3.21. The van der Waals surface area contributed by atoms with E-state index in [1.165, 1.54) is 27.1 Å². The summed E-state index contributed by atoms with van der Waals surface area (Å²) in [5.74, 6) is -1.17. The number of sulfonamides is 1. The van der Waals surface area contributed by atoms with Crippen LogP contribution in [0.3, 0.4) is 0 Å². The van der Waals surface area contributed by atoms with Crippen LogP contribution < -0.4 is 11.1 Å². The first kappa shape index (κ1) is 15.4. The van der Waals surface area contributed by atoms with E-state index in [1.54, 1.807) is 0 Å². The van der Waals surface area contributed by atoms with Gasteiger partial charge in [-0.05, 0) is 19.1 Å². The number of hydrogen-bond donors (Lipinski definition) is 2. The Morgan fingerprint density at radius 3 is 2.53 bits per heavy atom. The molecule has 1 aromatic rings. The molecule has 0 unspecified atom stereocenters. The Balaban J connectivity index is 3.17. The fourth-order valence-electron chi connectivity index (χ4n) is 1.37. The number of nitrogens with zero attached hydrogens (tertiary/aromatic N) is 1. The number of nitrogens with one attached hydrogen (secondary N) is 1. The Labute approximate surface area is 111 Å². The Bertz CT molecular complexity index is 578. The molecule has 0 bridgehead atoms. The minimum Gasteiger partial charge on any atom is -0.398 e. The second-order valence-electron chi connectivity index (χ2n) is 4.05. The van der Waals surface area contributed by atoms with Crippen molar-refractivity contribution in [1.29, 1.82) is 0 Å². The van der Waals surface area contributed by atoms with E-state index in [0.717, 1.165) is 10.4 Å². The maximum absolute atomic E-state index is 13.5. The van der Waals surface area contributed by atoms with Gasteiger partial charge in [0, 0.05) is 25.3 Å². The van der Waals surface area contributed by atoms with Gasteiger partial charge in [-0.25, -0.2) is 12.8 Å². The summed E-state index contributed by atoms with van der Waals surface area (Å²) in [6, 6.07) is 2.06. The highest BCUT2D eigenvalue weighted by Gasteiger charge is 2.24. The van der Waals surface area contributed by atoms with Crippen molar-refractivity contribution in [2.75, 3.05) is 26.4 Å². The van der Waals surface area contributed by atoms with Gasteiger partial charge in [0.1, 0.15) is 5.82 Å². The van der Waals surface area contributed by atoms with Crippen molar-refractivity contribution >= 4 is 21.6 Å². The molecule has 0 heterocycles. The van der Waals surface area contributed by atoms with Gasteiger partial charge in [0.15, 0.2) is 0 Å². The molecule has 0 fully saturated rings. The van der Waals surface area contributed by atoms with Gasteiger partial charge in [-0.1, -0.05) is 0 Å². The molecule has 0 aromatic heterocycles. The SMILES string of the molecule is CNC(=O)CN(C)S(=O)(=O)c1cc(N)c(C)c(F)c1. The number of rotatable bonds is 4. The summed E-state index contributed by atoms with van der Waals surface area (Å²) in [7, 11) is -1.32. The van der Waals surface area contributed by atoms with Gasteiger partial charge in [-0.2, -0.15) is 4.31 Å². The van der Waals surface area contributed by atoms with Crippen LogP contribution >= 0.6 is 0 Å². The Kier molecular flexibility index (Phi) is 4.48. The van der Waals surface area contributed by atoms with E-state index in [-0.39, 0.29) is 22.7 Å². The van der Waals surface area contributed by atoms with E-state index < -0.39 is 21.7 Å². The van der Waals surface area contributed by atoms with Crippen molar-refractivity contribution in [2.24, 2.45) is 0 Å². The number of halogens is 1. The van der Waals surface area contributed by atoms with E-state index in [1.807, 2.05) is 0 Å². The molecular weight excluding hydrogens is 273 g/mol. The van der Waals surface area contributed by atoms with Crippen molar-refractivity contribution < 1.29 is 17.6 Å². The minimum absolute atomic E-state index is 0.0481. The lowest BCUT2D eigenvalue weighted by atomic mass is 10.2. The number of carbonyl (C=O) groups excluding carboxylic acids is 1. The molecule has 6 nitrogen and oxygen atoms in total. The third-order valence-electron chi connectivity index (χ3n) is 2.71. The lowest BCUT2D eigenvalue weighted by molar-refractivity contribution is -0.120. The van der Waals surface area contributed by atoms with Gasteiger partial charge in [0.25, 0.3) is 0 Å². The number of nitrogens with two attached hydrogens (primary N) is 1. The van der Waals surface area contributed by atoms with Crippen molar-refractivity contribution in [3.05, 3.63) is 23.5 Å². The van der Waals surface area contributed by atoms with Gasteiger partial charge in [-0.15, -0.1) is 0 Å². The molecule has 8 heteroatoms. The van der Waals surface area contributed by atoms with Crippen LogP contribution in [0.25, 0.3) is 0 Å². The normalized spacial score (nSPS) is 11.6. The molecule has 0 aliphatic heterocycles. The summed E-state index contributed by atoms with van der Waals surface area (Å²) in [5.41, 5.74) is 5.78. The van der Waals surface area contributed by atoms with E-state index >= 15 is 0 Å². The quantitative estimate of drug-likeness (QED) is 0.768. The number of likely N-dealkylation sites (N-methyl/N-ethyl adjacent to an activating group) is 2. The van der Waals surface area contributed by atoms with Crippen LogP contribution in [0.5, 0.6) is 0 Å². The summed E-state index contributed by atoms with van der Waals surface area (Å²) >= 11 is 0. The smallest absolute Gasteiger partial charge is 0.243 e. The second-order valence-corrected chi connectivity index (χ2v) is 6.10. The van der Waals surface area contributed by atoms with Crippen molar-refractivity contribution in [1.82, 2.24) is 9.62 Å². The predicted octanol–water partition coefficient (Wildman–Crippen LogP) is 0.0828. The number of carbonyl (C=O) groups is 1. The Hall–Kier alpha value is -1.67. The minimum atomic E-state index is -3.95. The lowest BCUT2D eigenvalue weighted by Crippen LogP contribution is -2.36. The van der Waals surface area contributed by atoms with Crippen molar-refractivity contribution in [3.63, 3.8) is 0 Å². The maximum atomic E-state index is 13.5. The molecule has 1 aromatic carbocycles. The average molecular weight is 289 g/mol. The zero-order chi connectivity index (χ0) is 14.8. The highest BCUT2D eigenvalue weighted by molar-refractivity contribution is 7.89. The molecule has 1 amide bonds. The zero-order valence-electron chi connectivity index (χ0n) is 10.9. The van der Waals surface area contributed by atoms with Crippen LogP contribution in [0.1, 0.15) is 5.56 Å². The molecule has 0 aliphatic rings. The lowest BCUT2D eigenvalue weighted by Gasteiger charge is -2.17. The molecule has 0 spiro atoms. The van der Waals surface area contributed by atoms with Crippen LogP contribution in [-0.4, -0.2) is 39.3 Å². The molecule has 0 atom stereocenters. The Morgan fingerprint density at radius 2 is 2.05 bits per heavy atom. The summed E-state index contributed by atoms with van der Waals surface area (Å²) in [6.07, 6.45) is 0. The van der Waals surface area contributed by atoms with Crippen molar-refractivity contribution in [3.8, 4) is 0 Å². The van der Waals surface area contributed by atoms with Gasteiger partial charge < -0.3 is 11.1 Å². The van der Waals surface area contributed by atoms with Crippen molar-refractivity contribution in [2.45, 2.75) is 11.8 Å². The van der Waals surface area contributed by atoms with Gasteiger partial charge in [0.2, 0.25) is 15.9 Å². The fourth-order valence-corrected chi connectivity index (χ4v) is 2.54. The van der Waals surface area contributed by atoms with Gasteiger partial charge in [0.05, 0.1) is 11.4 Å². The first-order chi connectivity index (χ1) is 8.70. The molecule has 0 aliphatic carbocycles. The zero-order valence-corrected chi connectivity index (χ0v) is 11.7. The average Bonchev–Trinajstić information content (AvgIpc) is 2.34. The van der Waals surface area contributed by atoms with E-state index in [0.29, 0.717) is 0 Å². The summed E-state index contributed by atoms with van der Waals surface area (Å²) in [6.45, 7) is 1.10. The molecule has 1 rings (SSSR count). The van der Waals surface area contributed by atoms with Gasteiger partial charge in [-0.3, -0.25) is 4.79 Å². The number of benzene rings is 1. The van der Waals surface area contributed by atoms with Crippen LogP contribution in [0.4, 0.5) is 10.1 Å². The van der Waals surface area contributed by atoms with Crippen LogP contribution in [-0.2, 0) is 14.8 Å². The molecule has 3 N–H and O–H groups in total. The van der Waals surface area contributed by atoms with Crippen LogP contribution in [0, 0.1) is 12.7 Å². The second kappa shape index (κ2) is 5.54. The van der Waals surface area contributed by atoms with E-state index in [4.69, 9.17) is 5.73 Å². The number of anilines is 1. The molecule has 0 saturated carbocycles. The van der Waals surface area contributed by atoms with Gasteiger partial charge >= 0.3 is 0 Å². The molecule has 0 radical (unpaired) electrons. The monoisotopic (exact) mass is 289 g/mol. The number of hydrogen-bond acceptors (Lipinski definition) is 4. The highest BCUT2D eigenvalue weighted by Crippen LogP contribution is 2.22. The largest absolute Gasteiger partial charge is 0.398 e. The topological polar surface area (TPSA) is 92.5 Å². The van der Waals surface area contributed by atoms with E-state index in [9.17, 15) is 17.6 Å². The van der Waals surface area contributed by atoms with E-state index in [2.05, 4.69) is 5.32 Å². The molecular formula is C11H16FN3O3S. The van der Waals surface area contributed by atoms with Crippen LogP contribution in [0.2, 0.25) is 0 Å². The molecule has 106 valence electrons. The fraction of sp³-hybridized carbons (Fsp3) is 0.364. The first-order valence-corrected chi connectivity index (χ1v) is 6.86. The summed E-state index contributed by atoms with van der Waals surface area (Å²) in [5, 5.41) is 2.31. The summed E-state index contributed by atoms with van der Waals surface area (Å²) < 4.78 is 38.6. The molecule has 19 heavy (non-hydrogen) atoms. The number of nitrogen functional groups attached to an aromatic ring is 1. The molecule has 0 saturated heterocycles. The van der Waals surface area contributed by atoms with Crippen LogP contribution in [0.15, 0.2) is 17.0 Å². The number of amides is 1. The third-order valence-corrected chi connectivity index (χ3v) is 4.49. The standard InChI is InChI=1S/C11H16FN3O3S/c1-7-9(12)4-8(5-10(7)13)19(17,18)15(3)6-11(16)14-2/h4-5H,6,13H2,1-3H3,(H,14,16).